The van der Waals surface area contributed by atoms with Crippen molar-refractivity contribution in [3.05, 3.63) is 59.2 Å². The Bertz CT molecular complexity index is 734. The molecule has 0 heterocycles. The minimum atomic E-state index is -3.52. The fourth-order valence-electron chi connectivity index (χ4n) is 2.21. The molecule has 0 atom stereocenters. The summed E-state index contributed by atoms with van der Waals surface area (Å²) < 4.78 is 27.0. The number of benzene rings is 2. The number of nitrogens with zero attached hydrogens (tertiary/aromatic N) is 1. The van der Waals surface area contributed by atoms with Crippen LogP contribution in [0.15, 0.2) is 47.4 Å². The molecule has 0 aliphatic rings. The maximum absolute atomic E-state index is 12.8. The molecule has 0 aromatic heterocycles. The van der Waals surface area contributed by atoms with Gasteiger partial charge in [0.05, 0.1) is 10.6 Å². The zero-order valence-corrected chi connectivity index (χ0v) is 13.7. The van der Waals surface area contributed by atoms with Gasteiger partial charge in [-0.2, -0.15) is 0 Å². The van der Waals surface area contributed by atoms with Gasteiger partial charge in [0.15, 0.2) is 0 Å². The number of hydrogen-bond acceptors (Lipinski definition) is 2. The van der Waals surface area contributed by atoms with Crippen molar-refractivity contribution < 1.29 is 8.42 Å². The first-order valence-electron chi connectivity index (χ1n) is 7.03. The second kappa shape index (κ2) is 5.90. The fourth-order valence-corrected chi connectivity index (χ4v) is 3.68. The van der Waals surface area contributed by atoms with Gasteiger partial charge >= 0.3 is 0 Å². The zero-order chi connectivity index (χ0) is 15.6. The molecular weight excluding hydrogens is 282 g/mol. The smallest absolute Gasteiger partial charge is 0.264 e. The van der Waals surface area contributed by atoms with E-state index in [1.54, 1.807) is 12.1 Å². The Morgan fingerprint density at radius 2 is 1.52 bits per heavy atom. The molecule has 0 bridgehead atoms. The Hall–Kier alpha value is -1.81. The van der Waals surface area contributed by atoms with Crippen molar-refractivity contribution in [2.75, 3.05) is 10.8 Å². The highest BCUT2D eigenvalue weighted by atomic mass is 32.2. The molecule has 0 spiro atoms. The Labute approximate surface area is 127 Å². The van der Waals surface area contributed by atoms with E-state index in [0.717, 1.165) is 16.7 Å². The van der Waals surface area contributed by atoms with E-state index in [9.17, 15) is 8.42 Å². The largest absolute Gasteiger partial charge is 0.267 e. The molecule has 0 radical (unpaired) electrons. The van der Waals surface area contributed by atoms with Crippen LogP contribution in [0.25, 0.3) is 0 Å². The molecule has 2 aromatic rings. The third-order valence-electron chi connectivity index (χ3n) is 3.67. The van der Waals surface area contributed by atoms with Crippen LogP contribution >= 0.6 is 0 Å². The van der Waals surface area contributed by atoms with Crippen LogP contribution in [0.1, 0.15) is 23.6 Å². The molecule has 4 heteroatoms. The molecule has 0 amide bonds. The van der Waals surface area contributed by atoms with Crippen LogP contribution in [0.5, 0.6) is 0 Å². The van der Waals surface area contributed by atoms with Gasteiger partial charge in [-0.1, -0.05) is 23.8 Å². The second-order valence-corrected chi connectivity index (χ2v) is 7.11. The van der Waals surface area contributed by atoms with Crippen LogP contribution in [0.4, 0.5) is 5.69 Å². The van der Waals surface area contributed by atoms with Gasteiger partial charge in [-0.15, -0.1) is 0 Å². The summed E-state index contributed by atoms with van der Waals surface area (Å²) in [5, 5.41) is 0. The molecule has 0 aliphatic carbocycles. The minimum absolute atomic E-state index is 0.327. The van der Waals surface area contributed by atoms with E-state index in [0.29, 0.717) is 17.1 Å². The van der Waals surface area contributed by atoms with E-state index in [-0.39, 0.29) is 0 Å². The maximum Gasteiger partial charge on any atom is 0.264 e. The van der Waals surface area contributed by atoms with Crippen molar-refractivity contribution >= 4 is 15.7 Å². The number of aryl methyl sites for hydroxylation is 3. The fraction of sp³-hybridized carbons (Fsp3) is 0.294. The normalized spacial score (nSPS) is 11.4. The van der Waals surface area contributed by atoms with Crippen molar-refractivity contribution in [3.63, 3.8) is 0 Å². The maximum atomic E-state index is 12.8. The van der Waals surface area contributed by atoms with E-state index in [1.165, 1.54) is 4.31 Å². The molecule has 0 unspecified atom stereocenters. The van der Waals surface area contributed by atoms with Gasteiger partial charge < -0.3 is 0 Å². The minimum Gasteiger partial charge on any atom is -0.267 e. The highest BCUT2D eigenvalue weighted by Gasteiger charge is 2.23. The first-order chi connectivity index (χ1) is 9.86. The number of sulfonamides is 1. The number of anilines is 1. The summed E-state index contributed by atoms with van der Waals surface area (Å²) in [7, 11) is -3.52. The first-order valence-corrected chi connectivity index (χ1v) is 8.47. The second-order valence-electron chi connectivity index (χ2n) is 5.25. The number of hydrogen-bond donors (Lipinski definition) is 0. The average molecular weight is 303 g/mol. The Kier molecular flexibility index (Phi) is 4.37. The van der Waals surface area contributed by atoms with E-state index >= 15 is 0 Å². The van der Waals surface area contributed by atoms with Gasteiger partial charge in [0, 0.05) is 6.54 Å². The molecular formula is C17H21NO2S. The van der Waals surface area contributed by atoms with Crippen molar-refractivity contribution in [1.29, 1.82) is 0 Å². The first kappa shape index (κ1) is 15.6. The van der Waals surface area contributed by atoms with Crippen LogP contribution in [0, 0.1) is 20.8 Å². The van der Waals surface area contributed by atoms with Crippen molar-refractivity contribution in [1.82, 2.24) is 0 Å². The predicted molar refractivity (Wildman–Crippen MR) is 87.3 cm³/mol. The lowest BCUT2D eigenvalue weighted by molar-refractivity contribution is 0.592. The van der Waals surface area contributed by atoms with E-state index in [1.807, 2.05) is 58.0 Å². The summed E-state index contributed by atoms with van der Waals surface area (Å²) >= 11 is 0. The standard InChI is InChI=1S/C17H21NO2S/c1-5-18(16-9-8-14(3)15(4)12-16)21(19,20)17-10-6-13(2)7-11-17/h6-12H,5H2,1-4H3. The molecule has 0 N–H and O–H groups in total. The van der Waals surface area contributed by atoms with Gasteiger partial charge in [0.25, 0.3) is 10.0 Å². The SMILES string of the molecule is CCN(c1ccc(C)c(C)c1)S(=O)(=O)c1ccc(C)cc1. The third kappa shape index (κ3) is 3.10. The molecule has 0 saturated carbocycles. The quantitative estimate of drug-likeness (QED) is 0.861. The highest BCUT2D eigenvalue weighted by molar-refractivity contribution is 7.92. The summed E-state index contributed by atoms with van der Waals surface area (Å²) in [6, 6.07) is 12.7. The van der Waals surface area contributed by atoms with Crippen LogP contribution < -0.4 is 4.31 Å². The summed E-state index contributed by atoms with van der Waals surface area (Å²) in [4.78, 5) is 0.327. The molecule has 0 fully saturated rings. The monoisotopic (exact) mass is 303 g/mol. The third-order valence-corrected chi connectivity index (χ3v) is 5.59. The summed E-state index contributed by atoms with van der Waals surface area (Å²) in [5.41, 5.74) is 4.00. The molecule has 2 aromatic carbocycles. The molecule has 112 valence electrons. The molecule has 2 rings (SSSR count). The molecule has 0 aliphatic heterocycles. The van der Waals surface area contributed by atoms with Gasteiger partial charge in [0.2, 0.25) is 0 Å². The lowest BCUT2D eigenvalue weighted by Gasteiger charge is -2.23. The Balaban J connectivity index is 2.48. The van der Waals surface area contributed by atoms with Gasteiger partial charge in [-0.05, 0) is 63.1 Å². The van der Waals surface area contributed by atoms with Crippen LogP contribution in [0.3, 0.4) is 0 Å². The van der Waals surface area contributed by atoms with Gasteiger partial charge in [0.1, 0.15) is 0 Å². The van der Waals surface area contributed by atoms with Crippen molar-refractivity contribution in [2.24, 2.45) is 0 Å². The Morgan fingerprint density at radius 3 is 2.05 bits per heavy atom. The highest BCUT2D eigenvalue weighted by Crippen LogP contribution is 2.25. The summed E-state index contributed by atoms with van der Waals surface area (Å²) in [6.45, 7) is 8.20. The average Bonchev–Trinajstić information content (AvgIpc) is 2.44. The van der Waals surface area contributed by atoms with Crippen molar-refractivity contribution in [3.8, 4) is 0 Å². The summed E-state index contributed by atoms with van der Waals surface area (Å²) in [5.74, 6) is 0. The van der Waals surface area contributed by atoms with E-state index in [4.69, 9.17) is 0 Å². The lowest BCUT2D eigenvalue weighted by Crippen LogP contribution is -2.30. The van der Waals surface area contributed by atoms with Crippen LogP contribution in [-0.4, -0.2) is 15.0 Å². The predicted octanol–water partition coefficient (Wildman–Crippen LogP) is 3.83. The summed E-state index contributed by atoms with van der Waals surface area (Å²) in [6.07, 6.45) is 0. The molecule has 0 saturated heterocycles. The van der Waals surface area contributed by atoms with E-state index in [2.05, 4.69) is 0 Å². The number of rotatable bonds is 4. The zero-order valence-electron chi connectivity index (χ0n) is 12.9. The van der Waals surface area contributed by atoms with Crippen LogP contribution in [-0.2, 0) is 10.0 Å². The van der Waals surface area contributed by atoms with Crippen molar-refractivity contribution in [2.45, 2.75) is 32.6 Å². The Morgan fingerprint density at radius 1 is 0.905 bits per heavy atom. The molecule has 3 nitrogen and oxygen atoms in total. The van der Waals surface area contributed by atoms with Gasteiger partial charge in [-0.25, -0.2) is 8.42 Å². The van der Waals surface area contributed by atoms with E-state index < -0.39 is 10.0 Å². The lowest BCUT2D eigenvalue weighted by atomic mass is 10.1. The van der Waals surface area contributed by atoms with Crippen LogP contribution in [0.2, 0.25) is 0 Å². The van der Waals surface area contributed by atoms with Gasteiger partial charge in [-0.3, -0.25) is 4.31 Å². The topological polar surface area (TPSA) is 37.4 Å². The molecule has 21 heavy (non-hydrogen) atoms.